The van der Waals surface area contributed by atoms with E-state index in [1.165, 1.54) is 106 Å². The fourth-order valence-corrected chi connectivity index (χ4v) is 11.9. The summed E-state index contributed by atoms with van der Waals surface area (Å²) < 4.78 is 4.54. The van der Waals surface area contributed by atoms with Gasteiger partial charge in [0.1, 0.15) is 17.3 Å². The summed E-state index contributed by atoms with van der Waals surface area (Å²) in [5.41, 5.74) is 5.39. The van der Waals surface area contributed by atoms with Gasteiger partial charge in [0.25, 0.3) is 0 Å². The Kier molecular flexibility index (Phi) is 5.32. The molecule has 2 aromatic heterocycles. The average molecular weight is 549 g/mol. The summed E-state index contributed by atoms with van der Waals surface area (Å²) in [6.07, 6.45) is 18.7. The summed E-state index contributed by atoms with van der Waals surface area (Å²) in [7, 11) is 2.13. The quantitative estimate of drug-likeness (QED) is 0.320. The van der Waals surface area contributed by atoms with Gasteiger partial charge in [-0.05, 0) is 138 Å². The normalized spacial score (nSPS) is 38.2. The van der Waals surface area contributed by atoms with Gasteiger partial charge in [-0.1, -0.05) is 12.1 Å². The summed E-state index contributed by atoms with van der Waals surface area (Å²) in [5, 5.41) is 0. The van der Waals surface area contributed by atoms with E-state index in [0.29, 0.717) is 0 Å². The molecule has 8 fully saturated rings. The molecule has 8 aliphatic carbocycles. The Labute approximate surface area is 245 Å². The van der Waals surface area contributed by atoms with Crippen LogP contribution >= 0.6 is 0 Å². The van der Waals surface area contributed by atoms with Crippen molar-refractivity contribution in [2.75, 3.05) is 0 Å². The van der Waals surface area contributed by atoms with E-state index in [9.17, 15) is 0 Å². The maximum absolute atomic E-state index is 5.64. The number of nitrogens with zero attached hydrogens (tertiary/aromatic N) is 5. The predicted octanol–water partition coefficient (Wildman–Crippen LogP) is 7.10. The van der Waals surface area contributed by atoms with Crippen LogP contribution in [0.2, 0.25) is 0 Å². The number of rotatable bonds is 5. The summed E-state index contributed by atoms with van der Waals surface area (Å²) in [6.45, 7) is 5.41. The minimum Gasteiger partial charge on any atom is -0.217 e. The molecular weight excluding hydrogens is 502 g/mol. The van der Waals surface area contributed by atoms with E-state index < -0.39 is 0 Å². The number of aryl methyl sites for hydroxylation is 2. The van der Waals surface area contributed by atoms with Crippen LogP contribution in [-0.2, 0) is 24.4 Å². The maximum Gasteiger partial charge on any atom is 0.196 e. The molecule has 0 spiro atoms. The minimum atomic E-state index is 0.182. The van der Waals surface area contributed by atoms with Gasteiger partial charge in [0.2, 0.25) is 0 Å². The van der Waals surface area contributed by atoms with Gasteiger partial charge in [0, 0.05) is 28.0 Å². The molecule has 5 nitrogen and oxygen atoms in total. The van der Waals surface area contributed by atoms with Gasteiger partial charge in [0.15, 0.2) is 19.1 Å². The molecule has 0 amide bonds. The van der Waals surface area contributed by atoms with E-state index in [-0.39, 0.29) is 10.8 Å². The first kappa shape index (κ1) is 25.0. The molecule has 0 saturated heterocycles. The summed E-state index contributed by atoms with van der Waals surface area (Å²) in [5.74, 6) is 8.62. The van der Waals surface area contributed by atoms with Crippen molar-refractivity contribution in [1.29, 1.82) is 0 Å². The zero-order valence-corrected chi connectivity index (χ0v) is 25.3. The Hall–Kier alpha value is -2.56. The van der Waals surface area contributed by atoms with Gasteiger partial charge in [0.05, 0.1) is 6.54 Å². The number of hydrogen-bond acceptors (Lipinski definition) is 3. The van der Waals surface area contributed by atoms with Crippen LogP contribution in [-0.4, -0.2) is 19.6 Å². The highest BCUT2D eigenvalue weighted by atomic mass is 15.4. The molecule has 0 atom stereocenters. The largest absolute Gasteiger partial charge is 0.217 e. The maximum atomic E-state index is 5.64. The predicted molar refractivity (Wildman–Crippen MR) is 160 cm³/mol. The Balaban J connectivity index is 1.21. The smallest absolute Gasteiger partial charge is 0.196 e. The van der Waals surface area contributed by atoms with Crippen molar-refractivity contribution in [3.8, 4) is 22.6 Å². The lowest BCUT2D eigenvalue weighted by Gasteiger charge is -2.57. The monoisotopic (exact) mass is 548 g/mol. The second kappa shape index (κ2) is 8.74. The highest BCUT2D eigenvalue weighted by molar-refractivity contribution is 5.71. The van der Waals surface area contributed by atoms with Crippen molar-refractivity contribution in [1.82, 2.24) is 19.6 Å². The molecule has 8 aliphatic rings. The Bertz CT molecular complexity index is 1400. The minimum absolute atomic E-state index is 0.182. The second-order valence-electron chi connectivity index (χ2n) is 15.7. The number of benzene rings is 1. The van der Waals surface area contributed by atoms with Crippen molar-refractivity contribution in [3.63, 3.8) is 0 Å². The van der Waals surface area contributed by atoms with E-state index in [2.05, 4.69) is 60.7 Å². The standard InChI is InChI=1S/C36H46N5/c1-4-41-31(7-8-40(41)3)30-15-29(6-5-22(30)2)32-37-33(35-16-23-9-24(17-35)11-25(10-23)18-35)39-34(38-32)36-19-26-12-27(20-36)14-28(13-26)21-36/h5-8,15,23-28H,4,9-14,16-21H2,1-3H3/q+1. The third-order valence-corrected chi connectivity index (χ3v) is 12.8. The lowest BCUT2D eigenvalue weighted by Crippen LogP contribution is -2.51. The molecule has 0 N–H and O–H groups in total. The molecule has 0 unspecified atom stereocenters. The van der Waals surface area contributed by atoms with Crippen molar-refractivity contribution >= 4 is 0 Å². The third kappa shape index (κ3) is 3.79. The molecule has 41 heavy (non-hydrogen) atoms. The first-order valence-corrected chi connectivity index (χ1v) is 16.8. The Morgan fingerprint density at radius 1 is 0.732 bits per heavy atom. The summed E-state index contributed by atoms with van der Waals surface area (Å²) in [6, 6.07) is 9.19. The molecule has 3 aromatic rings. The van der Waals surface area contributed by atoms with Gasteiger partial charge in [-0.2, -0.15) is 4.68 Å². The zero-order valence-electron chi connectivity index (χ0n) is 25.3. The van der Waals surface area contributed by atoms with Gasteiger partial charge < -0.3 is 0 Å². The summed E-state index contributed by atoms with van der Waals surface area (Å²) >= 11 is 0. The van der Waals surface area contributed by atoms with Crippen LogP contribution in [0.3, 0.4) is 0 Å². The molecule has 8 saturated carbocycles. The molecule has 5 heteroatoms. The second-order valence-corrected chi connectivity index (χ2v) is 15.7. The lowest BCUT2D eigenvalue weighted by atomic mass is 9.49. The molecule has 8 bridgehead atoms. The number of aromatic nitrogens is 5. The van der Waals surface area contributed by atoms with Crippen molar-refractivity contribution < 1.29 is 4.68 Å². The van der Waals surface area contributed by atoms with Crippen LogP contribution in [0.25, 0.3) is 22.6 Å². The van der Waals surface area contributed by atoms with E-state index in [1.807, 2.05) is 0 Å². The SMILES string of the molecule is CCn1c(-c2cc(-c3nc(C45CC6CC(CC(C6)C4)C5)nc(C45CC6CC(CC(C6)C4)C5)n3)ccc2C)cc[n+]1C. The van der Waals surface area contributed by atoms with Crippen molar-refractivity contribution in [2.24, 2.45) is 42.6 Å². The zero-order chi connectivity index (χ0) is 27.5. The highest BCUT2D eigenvalue weighted by Gasteiger charge is 2.56. The third-order valence-electron chi connectivity index (χ3n) is 12.8. The van der Waals surface area contributed by atoms with E-state index in [0.717, 1.165) is 53.4 Å². The Morgan fingerprint density at radius 3 is 1.68 bits per heavy atom. The molecule has 0 aliphatic heterocycles. The van der Waals surface area contributed by atoms with Crippen molar-refractivity contribution in [3.05, 3.63) is 47.7 Å². The van der Waals surface area contributed by atoms with E-state index in [4.69, 9.17) is 15.0 Å². The van der Waals surface area contributed by atoms with E-state index >= 15 is 0 Å². The van der Waals surface area contributed by atoms with Gasteiger partial charge in [-0.15, -0.1) is 4.68 Å². The molecule has 1 aromatic carbocycles. The van der Waals surface area contributed by atoms with Gasteiger partial charge in [-0.25, -0.2) is 15.0 Å². The first-order valence-electron chi connectivity index (χ1n) is 16.8. The van der Waals surface area contributed by atoms with Crippen LogP contribution in [0.15, 0.2) is 30.5 Å². The molecule has 11 rings (SSSR count). The average Bonchev–Trinajstić information content (AvgIpc) is 3.31. The molecular formula is C36H46N5+. The fraction of sp³-hybridized carbons (Fsp3) is 0.667. The topological polar surface area (TPSA) is 47.5 Å². The van der Waals surface area contributed by atoms with Crippen LogP contribution in [0.1, 0.15) is 101 Å². The number of hydrogen-bond donors (Lipinski definition) is 0. The Morgan fingerprint density at radius 2 is 1.22 bits per heavy atom. The fourth-order valence-electron chi connectivity index (χ4n) is 11.9. The summed E-state index contributed by atoms with van der Waals surface area (Å²) in [4.78, 5) is 16.6. The lowest BCUT2D eigenvalue weighted by molar-refractivity contribution is -0.752. The van der Waals surface area contributed by atoms with Crippen molar-refractivity contribution in [2.45, 2.75) is 108 Å². The van der Waals surface area contributed by atoms with Crippen LogP contribution in [0.4, 0.5) is 0 Å². The van der Waals surface area contributed by atoms with Gasteiger partial charge >= 0.3 is 0 Å². The first-order chi connectivity index (χ1) is 19.9. The molecule has 214 valence electrons. The van der Waals surface area contributed by atoms with Crippen LogP contribution < -0.4 is 4.68 Å². The van der Waals surface area contributed by atoms with Gasteiger partial charge in [-0.3, -0.25) is 0 Å². The highest BCUT2D eigenvalue weighted by Crippen LogP contribution is 2.62. The van der Waals surface area contributed by atoms with Crippen LogP contribution in [0.5, 0.6) is 0 Å². The van der Waals surface area contributed by atoms with E-state index in [1.54, 1.807) is 0 Å². The molecule has 0 radical (unpaired) electrons. The molecule has 2 heterocycles. The van der Waals surface area contributed by atoms with Crippen LogP contribution in [0, 0.1) is 42.4 Å².